The molecule has 2 rings (SSSR count). The summed E-state index contributed by atoms with van der Waals surface area (Å²) in [6, 6.07) is 7.49. The highest BCUT2D eigenvalue weighted by Crippen LogP contribution is 2.34. The van der Waals surface area contributed by atoms with Crippen LogP contribution in [0.2, 0.25) is 0 Å². The number of unbranched alkanes of at least 4 members (excludes halogenated alkanes) is 2. The molecule has 0 atom stereocenters. The van der Waals surface area contributed by atoms with Crippen LogP contribution in [-0.2, 0) is 9.59 Å². The molecule has 1 aliphatic heterocycles. The Hall–Kier alpha value is -2.12. The number of hydrogen-bond acceptors (Lipinski definition) is 5. The van der Waals surface area contributed by atoms with E-state index in [-0.39, 0.29) is 12.3 Å². The molecule has 1 amide bonds. The maximum Gasteiger partial charge on any atom is 0.303 e. The highest BCUT2D eigenvalue weighted by molar-refractivity contribution is 8.26. The molecule has 0 spiro atoms. The van der Waals surface area contributed by atoms with Gasteiger partial charge in [-0.1, -0.05) is 61.3 Å². The highest BCUT2D eigenvalue weighted by atomic mass is 32.2. The van der Waals surface area contributed by atoms with E-state index in [0.717, 1.165) is 18.4 Å². The van der Waals surface area contributed by atoms with Crippen molar-refractivity contribution in [2.24, 2.45) is 0 Å². The Balaban J connectivity index is 2.00. The first-order chi connectivity index (χ1) is 12.5. The summed E-state index contributed by atoms with van der Waals surface area (Å²) in [6.45, 7) is 4.54. The molecule has 26 heavy (non-hydrogen) atoms. The van der Waals surface area contributed by atoms with Crippen LogP contribution in [0.25, 0.3) is 6.08 Å². The molecule has 0 aromatic heterocycles. The van der Waals surface area contributed by atoms with Gasteiger partial charge in [-0.15, -0.1) is 0 Å². The number of carboxylic acid groups (broad SMARTS) is 1. The first-order valence-corrected chi connectivity index (χ1v) is 9.55. The number of carboxylic acids is 1. The number of para-hydroxylation sites is 1. The van der Waals surface area contributed by atoms with Crippen molar-refractivity contribution in [3.05, 3.63) is 47.4 Å². The minimum atomic E-state index is -0.795. The Morgan fingerprint density at radius 3 is 2.81 bits per heavy atom. The van der Waals surface area contributed by atoms with Gasteiger partial charge in [0.15, 0.2) is 0 Å². The topological polar surface area (TPSA) is 66.8 Å². The standard InChI is InChI=1S/C19H21NO4S2/c1-2-12-24-15-9-6-5-8-14(15)13-16-18(23)20(19(25)26-16)11-7-3-4-10-17(21)22/h2,5-6,8-9,13H,1,3-4,7,10-12H2,(H,21,22)/b16-13+. The average Bonchev–Trinajstić information content (AvgIpc) is 2.87. The van der Waals surface area contributed by atoms with Crippen LogP contribution in [0.5, 0.6) is 5.75 Å². The summed E-state index contributed by atoms with van der Waals surface area (Å²) in [5.74, 6) is -0.223. The molecule has 138 valence electrons. The van der Waals surface area contributed by atoms with Gasteiger partial charge in [0.25, 0.3) is 5.91 Å². The molecule has 1 aliphatic rings. The summed E-state index contributed by atoms with van der Waals surface area (Å²) in [7, 11) is 0. The molecule has 0 bridgehead atoms. The van der Waals surface area contributed by atoms with E-state index >= 15 is 0 Å². The fourth-order valence-corrected chi connectivity index (χ4v) is 3.74. The molecule has 1 saturated heterocycles. The third-order valence-corrected chi connectivity index (χ3v) is 5.09. The lowest BCUT2D eigenvalue weighted by Gasteiger charge is -2.13. The number of amides is 1. The molecule has 0 radical (unpaired) electrons. The van der Waals surface area contributed by atoms with Crippen LogP contribution in [-0.4, -0.2) is 39.4 Å². The van der Waals surface area contributed by atoms with Crippen LogP contribution in [0, 0.1) is 0 Å². The van der Waals surface area contributed by atoms with Crippen molar-refractivity contribution >= 4 is 46.3 Å². The van der Waals surface area contributed by atoms with Crippen molar-refractivity contribution in [1.82, 2.24) is 4.90 Å². The minimum absolute atomic E-state index is 0.114. The third kappa shape index (κ3) is 5.71. The number of benzene rings is 1. The maximum absolute atomic E-state index is 12.6. The fraction of sp³-hybridized carbons (Fsp3) is 0.316. The Morgan fingerprint density at radius 1 is 1.31 bits per heavy atom. The van der Waals surface area contributed by atoms with Gasteiger partial charge in [-0.3, -0.25) is 14.5 Å². The van der Waals surface area contributed by atoms with Crippen LogP contribution in [0.3, 0.4) is 0 Å². The van der Waals surface area contributed by atoms with Gasteiger partial charge in [-0.25, -0.2) is 0 Å². The van der Waals surface area contributed by atoms with Crippen LogP contribution >= 0.6 is 24.0 Å². The number of nitrogens with zero attached hydrogens (tertiary/aromatic N) is 1. The molecular weight excluding hydrogens is 370 g/mol. The Morgan fingerprint density at radius 2 is 2.08 bits per heavy atom. The Bertz CT molecular complexity index is 730. The third-order valence-electron chi connectivity index (χ3n) is 3.71. The van der Waals surface area contributed by atoms with Crippen LogP contribution in [0.1, 0.15) is 31.2 Å². The number of thioether (sulfide) groups is 1. The van der Waals surface area contributed by atoms with Gasteiger partial charge in [-0.2, -0.15) is 0 Å². The molecule has 7 heteroatoms. The van der Waals surface area contributed by atoms with Crippen molar-refractivity contribution in [1.29, 1.82) is 0 Å². The fourth-order valence-electron chi connectivity index (χ4n) is 2.44. The number of thiocarbonyl (C=S) groups is 1. The molecule has 0 saturated carbocycles. The average molecular weight is 392 g/mol. The number of carbonyl (C=O) groups is 2. The molecule has 0 unspecified atom stereocenters. The second-order valence-corrected chi connectivity index (χ2v) is 7.35. The van der Waals surface area contributed by atoms with Gasteiger partial charge in [0, 0.05) is 18.5 Å². The number of rotatable bonds is 10. The summed E-state index contributed by atoms with van der Waals surface area (Å²) in [5.41, 5.74) is 0.816. The zero-order valence-electron chi connectivity index (χ0n) is 14.3. The number of hydrogen-bond donors (Lipinski definition) is 1. The smallest absolute Gasteiger partial charge is 0.303 e. The quantitative estimate of drug-likeness (QED) is 0.280. The van der Waals surface area contributed by atoms with Crippen LogP contribution < -0.4 is 4.74 Å². The van der Waals surface area contributed by atoms with Crippen molar-refractivity contribution in [3.8, 4) is 5.75 Å². The van der Waals surface area contributed by atoms with Crippen molar-refractivity contribution < 1.29 is 19.4 Å². The van der Waals surface area contributed by atoms with E-state index in [1.165, 1.54) is 11.8 Å². The van der Waals surface area contributed by atoms with Crippen molar-refractivity contribution in [2.75, 3.05) is 13.2 Å². The van der Waals surface area contributed by atoms with E-state index < -0.39 is 5.97 Å². The van der Waals surface area contributed by atoms with Gasteiger partial charge in [-0.05, 0) is 25.0 Å². The van der Waals surface area contributed by atoms with Crippen LogP contribution in [0.15, 0.2) is 41.8 Å². The largest absolute Gasteiger partial charge is 0.489 e. The maximum atomic E-state index is 12.6. The van der Waals surface area contributed by atoms with E-state index in [2.05, 4.69) is 6.58 Å². The normalized spacial score (nSPS) is 15.5. The zero-order valence-corrected chi connectivity index (χ0v) is 16.0. The zero-order chi connectivity index (χ0) is 18.9. The summed E-state index contributed by atoms with van der Waals surface area (Å²) in [5, 5.41) is 8.65. The lowest BCUT2D eigenvalue weighted by atomic mass is 10.1. The van der Waals surface area contributed by atoms with E-state index in [0.29, 0.717) is 34.5 Å². The Kier molecular flexibility index (Phi) is 7.87. The molecule has 1 aromatic rings. The van der Waals surface area contributed by atoms with Crippen molar-refractivity contribution in [2.45, 2.75) is 25.7 Å². The number of aliphatic carboxylic acids is 1. The highest BCUT2D eigenvalue weighted by Gasteiger charge is 2.31. The summed E-state index contributed by atoms with van der Waals surface area (Å²) >= 11 is 6.60. The summed E-state index contributed by atoms with van der Waals surface area (Å²) < 4.78 is 6.15. The van der Waals surface area contributed by atoms with Gasteiger partial charge < -0.3 is 9.84 Å². The van der Waals surface area contributed by atoms with Crippen molar-refractivity contribution in [3.63, 3.8) is 0 Å². The lowest BCUT2D eigenvalue weighted by molar-refractivity contribution is -0.137. The summed E-state index contributed by atoms with van der Waals surface area (Å²) in [4.78, 5) is 25.3. The predicted octanol–water partition coefficient (Wildman–Crippen LogP) is 4.10. The molecule has 1 heterocycles. The molecule has 5 nitrogen and oxygen atoms in total. The van der Waals surface area contributed by atoms with Gasteiger partial charge >= 0.3 is 5.97 Å². The molecule has 1 N–H and O–H groups in total. The van der Waals surface area contributed by atoms with Crippen LogP contribution in [0.4, 0.5) is 0 Å². The first kappa shape index (κ1) is 20.2. The second kappa shape index (κ2) is 10.1. The number of carbonyl (C=O) groups excluding carboxylic acids is 1. The second-order valence-electron chi connectivity index (χ2n) is 5.68. The molecule has 0 aliphatic carbocycles. The van der Waals surface area contributed by atoms with Gasteiger partial charge in [0.1, 0.15) is 16.7 Å². The molecular formula is C19H21NO4S2. The van der Waals surface area contributed by atoms with Gasteiger partial charge in [0.2, 0.25) is 0 Å². The Labute approximate surface area is 162 Å². The van der Waals surface area contributed by atoms with E-state index in [4.69, 9.17) is 22.1 Å². The van der Waals surface area contributed by atoms with E-state index in [9.17, 15) is 9.59 Å². The minimum Gasteiger partial charge on any atom is -0.489 e. The number of ether oxygens (including phenoxy) is 1. The molecule has 1 fully saturated rings. The molecule has 1 aromatic carbocycles. The monoisotopic (exact) mass is 391 g/mol. The summed E-state index contributed by atoms with van der Waals surface area (Å²) in [6.07, 6.45) is 5.70. The lowest BCUT2D eigenvalue weighted by Crippen LogP contribution is -2.29. The van der Waals surface area contributed by atoms with E-state index in [1.807, 2.05) is 24.3 Å². The first-order valence-electron chi connectivity index (χ1n) is 8.33. The SMILES string of the molecule is C=CCOc1ccccc1/C=C1/SC(=S)N(CCCCCC(=O)O)C1=O. The predicted molar refractivity (Wildman–Crippen MR) is 108 cm³/mol. The van der Waals surface area contributed by atoms with Gasteiger partial charge in [0.05, 0.1) is 4.91 Å². The van der Waals surface area contributed by atoms with E-state index in [1.54, 1.807) is 17.1 Å².